The van der Waals surface area contributed by atoms with Crippen molar-refractivity contribution in [1.29, 1.82) is 0 Å². The Bertz CT molecular complexity index is 361. The molecule has 0 amide bonds. The fourth-order valence-corrected chi connectivity index (χ4v) is 1.16. The number of carbonyl (C=O) groups excluding carboxylic acids is 1. The summed E-state index contributed by atoms with van der Waals surface area (Å²) in [6.07, 6.45) is 0. The number of hydrogen-bond donors (Lipinski definition) is 0. The van der Waals surface area contributed by atoms with E-state index in [1.165, 1.54) is 20.3 Å². The molecule has 1 aromatic carbocycles. The molecule has 1 aromatic rings. The van der Waals surface area contributed by atoms with Gasteiger partial charge in [0.1, 0.15) is 5.56 Å². The van der Waals surface area contributed by atoms with Gasteiger partial charge in [0, 0.05) is 0 Å². The fraction of sp³-hybridized carbons (Fsp3) is 0.300. The van der Waals surface area contributed by atoms with E-state index < -0.39 is 11.8 Å². The minimum atomic E-state index is -0.695. The zero-order chi connectivity index (χ0) is 10.7. The Hall–Kier alpha value is -1.58. The number of halogens is 1. The second-order valence-corrected chi connectivity index (χ2v) is 2.77. The van der Waals surface area contributed by atoms with Gasteiger partial charge < -0.3 is 9.47 Å². The van der Waals surface area contributed by atoms with Crippen LogP contribution < -0.4 is 4.74 Å². The lowest BCUT2D eigenvalue weighted by Crippen LogP contribution is -2.08. The first-order valence-corrected chi connectivity index (χ1v) is 4.03. The van der Waals surface area contributed by atoms with Crippen LogP contribution >= 0.6 is 0 Å². The standard InChI is InChI=1S/C10H11FO3/c1-6-4-5-7(13-2)9(11)8(6)10(12)14-3/h4-5H,1-3H3. The predicted molar refractivity (Wildman–Crippen MR) is 49.0 cm³/mol. The summed E-state index contributed by atoms with van der Waals surface area (Å²) in [5, 5.41) is 0. The third-order valence-corrected chi connectivity index (χ3v) is 1.92. The van der Waals surface area contributed by atoms with E-state index in [2.05, 4.69) is 4.74 Å². The molecule has 0 spiro atoms. The maximum absolute atomic E-state index is 13.5. The molecule has 1 rings (SSSR count). The monoisotopic (exact) mass is 198 g/mol. The van der Waals surface area contributed by atoms with E-state index in [1.807, 2.05) is 0 Å². The van der Waals surface area contributed by atoms with Gasteiger partial charge in [-0.15, -0.1) is 0 Å². The van der Waals surface area contributed by atoms with Crippen LogP contribution in [0, 0.1) is 12.7 Å². The molecule has 0 aliphatic heterocycles. The number of methoxy groups -OCH3 is 2. The van der Waals surface area contributed by atoms with E-state index in [4.69, 9.17) is 4.74 Å². The maximum Gasteiger partial charge on any atom is 0.341 e. The molecule has 0 bridgehead atoms. The number of ether oxygens (including phenoxy) is 2. The zero-order valence-corrected chi connectivity index (χ0v) is 8.26. The average molecular weight is 198 g/mol. The lowest BCUT2D eigenvalue weighted by molar-refractivity contribution is 0.0593. The molecule has 0 fully saturated rings. The first kappa shape index (κ1) is 10.5. The first-order chi connectivity index (χ1) is 6.61. The van der Waals surface area contributed by atoms with Crippen LogP contribution in [0.15, 0.2) is 12.1 Å². The summed E-state index contributed by atoms with van der Waals surface area (Å²) in [5.41, 5.74) is 0.446. The topological polar surface area (TPSA) is 35.5 Å². The van der Waals surface area contributed by atoms with E-state index >= 15 is 0 Å². The van der Waals surface area contributed by atoms with Crippen molar-refractivity contribution in [1.82, 2.24) is 0 Å². The number of esters is 1. The number of benzene rings is 1. The molecule has 0 aliphatic carbocycles. The summed E-state index contributed by atoms with van der Waals surface area (Å²) in [4.78, 5) is 11.2. The predicted octanol–water partition coefficient (Wildman–Crippen LogP) is 1.93. The molecule has 0 heterocycles. The van der Waals surface area contributed by atoms with Gasteiger partial charge in [-0.05, 0) is 18.6 Å². The third-order valence-electron chi connectivity index (χ3n) is 1.92. The maximum atomic E-state index is 13.5. The summed E-state index contributed by atoms with van der Waals surface area (Å²) >= 11 is 0. The Balaban J connectivity index is 3.32. The highest BCUT2D eigenvalue weighted by Gasteiger charge is 2.18. The Morgan fingerprint density at radius 2 is 2.00 bits per heavy atom. The van der Waals surface area contributed by atoms with Crippen molar-refractivity contribution in [3.63, 3.8) is 0 Å². The largest absolute Gasteiger partial charge is 0.494 e. The van der Waals surface area contributed by atoms with Crippen molar-refractivity contribution < 1.29 is 18.7 Å². The molecule has 0 unspecified atom stereocenters. The lowest BCUT2D eigenvalue weighted by atomic mass is 10.1. The molecule has 0 saturated carbocycles. The quantitative estimate of drug-likeness (QED) is 0.681. The average Bonchev–Trinajstić information content (AvgIpc) is 2.18. The zero-order valence-electron chi connectivity index (χ0n) is 8.26. The normalized spacial score (nSPS) is 9.71. The van der Waals surface area contributed by atoms with Gasteiger partial charge in [0.2, 0.25) is 0 Å². The molecular formula is C10H11FO3. The molecule has 3 nitrogen and oxygen atoms in total. The van der Waals surface area contributed by atoms with Crippen molar-refractivity contribution in [3.8, 4) is 5.75 Å². The van der Waals surface area contributed by atoms with E-state index in [1.54, 1.807) is 13.0 Å². The van der Waals surface area contributed by atoms with Crippen LogP contribution in [0.3, 0.4) is 0 Å². The molecule has 0 atom stereocenters. The molecular weight excluding hydrogens is 187 g/mol. The second kappa shape index (κ2) is 4.09. The highest BCUT2D eigenvalue weighted by Crippen LogP contribution is 2.23. The van der Waals surface area contributed by atoms with Crippen LogP contribution in [0.5, 0.6) is 5.75 Å². The van der Waals surface area contributed by atoms with Gasteiger partial charge in [-0.1, -0.05) is 6.07 Å². The summed E-state index contributed by atoms with van der Waals surface area (Å²) < 4.78 is 22.8. The Morgan fingerprint density at radius 1 is 1.36 bits per heavy atom. The smallest absolute Gasteiger partial charge is 0.341 e. The number of carbonyl (C=O) groups is 1. The van der Waals surface area contributed by atoms with Crippen LogP contribution in [0.25, 0.3) is 0 Å². The van der Waals surface area contributed by atoms with Crippen molar-refractivity contribution in [3.05, 3.63) is 29.1 Å². The van der Waals surface area contributed by atoms with Crippen molar-refractivity contribution >= 4 is 5.97 Å². The van der Waals surface area contributed by atoms with E-state index in [9.17, 15) is 9.18 Å². The Kier molecular flexibility index (Phi) is 3.06. The molecule has 76 valence electrons. The molecule has 0 N–H and O–H groups in total. The number of rotatable bonds is 2. The van der Waals surface area contributed by atoms with Gasteiger partial charge >= 0.3 is 5.97 Å². The van der Waals surface area contributed by atoms with Gasteiger partial charge in [-0.2, -0.15) is 0 Å². The summed E-state index contributed by atoms with van der Waals surface area (Å²) in [5.74, 6) is -1.34. The molecule has 0 aliphatic rings. The van der Waals surface area contributed by atoms with Crippen LogP contribution in [0.4, 0.5) is 4.39 Å². The molecule has 0 aromatic heterocycles. The molecule has 14 heavy (non-hydrogen) atoms. The van der Waals surface area contributed by atoms with Crippen molar-refractivity contribution in [2.24, 2.45) is 0 Å². The SMILES string of the molecule is COC(=O)c1c(C)ccc(OC)c1F. The van der Waals surface area contributed by atoms with E-state index in [0.717, 1.165) is 0 Å². The molecule has 0 saturated heterocycles. The van der Waals surface area contributed by atoms with E-state index in [-0.39, 0.29) is 11.3 Å². The lowest BCUT2D eigenvalue weighted by Gasteiger charge is -2.08. The second-order valence-electron chi connectivity index (χ2n) is 2.77. The van der Waals surface area contributed by atoms with Gasteiger partial charge in [0.25, 0.3) is 0 Å². The highest BCUT2D eigenvalue weighted by molar-refractivity contribution is 5.91. The van der Waals surface area contributed by atoms with E-state index in [0.29, 0.717) is 5.56 Å². The fourth-order valence-electron chi connectivity index (χ4n) is 1.16. The van der Waals surface area contributed by atoms with Crippen LogP contribution in [0.1, 0.15) is 15.9 Å². The van der Waals surface area contributed by atoms with Crippen molar-refractivity contribution in [2.45, 2.75) is 6.92 Å². The minimum absolute atomic E-state index is 0.0380. The minimum Gasteiger partial charge on any atom is -0.494 e. The van der Waals surface area contributed by atoms with Crippen LogP contribution in [-0.2, 0) is 4.74 Å². The summed E-state index contributed by atoms with van der Waals surface area (Å²) in [6.45, 7) is 1.63. The Labute approximate surface area is 81.4 Å². The van der Waals surface area contributed by atoms with Gasteiger partial charge in [-0.25, -0.2) is 9.18 Å². The molecule has 0 radical (unpaired) electrons. The number of aryl methyl sites for hydroxylation is 1. The number of hydrogen-bond acceptors (Lipinski definition) is 3. The van der Waals surface area contributed by atoms with Gasteiger partial charge in [0.05, 0.1) is 14.2 Å². The summed E-state index contributed by atoms with van der Waals surface area (Å²) in [6, 6.07) is 3.07. The summed E-state index contributed by atoms with van der Waals surface area (Å²) in [7, 11) is 2.55. The van der Waals surface area contributed by atoms with Gasteiger partial charge in [-0.3, -0.25) is 0 Å². The van der Waals surface area contributed by atoms with Crippen molar-refractivity contribution in [2.75, 3.05) is 14.2 Å². The third kappa shape index (κ3) is 1.69. The van der Waals surface area contributed by atoms with Crippen LogP contribution in [0.2, 0.25) is 0 Å². The first-order valence-electron chi connectivity index (χ1n) is 4.03. The van der Waals surface area contributed by atoms with Gasteiger partial charge in [0.15, 0.2) is 11.6 Å². The highest BCUT2D eigenvalue weighted by atomic mass is 19.1. The Morgan fingerprint density at radius 3 is 2.50 bits per heavy atom. The molecule has 4 heteroatoms. The van der Waals surface area contributed by atoms with Crippen LogP contribution in [-0.4, -0.2) is 20.2 Å².